The summed E-state index contributed by atoms with van der Waals surface area (Å²) >= 11 is 0. The number of carboxylic acids is 1. The van der Waals surface area contributed by atoms with E-state index in [1.54, 1.807) is 0 Å². The maximum Gasteiger partial charge on any atom is 0.322 e. The molecule has 0 aromatic heterocycles. The summed E-state index contributed by atoms with van der Waals surface area (Å²) in [6, 6.07) is 4.06. The van der Waals surface area contributed by atoms with Crippen molar-refractivity contribution < 1.29 is 19.0 Å². The number of carboxylic acid groups (broad SMARTS) is 1. The van der Waals surface area contributed by atoms with Crippen molar-refractivity contribution in [2.45, 2.75) is 0 Å². The van der Waals surface area contributed by atoms with Gasteiger partial charge in [0.15, 0.2) is 11.6 Å². The van der Waals surface area contributed by atoms with Gasteiger partial charge in [0, 0.05) is 11.8 Å². The minimum atomic E-state index is -0.978. The molecular weight excluding hydrogens is 189 g/mol. The van der Waals surface area contributed by atoms with Crippen molar-refractivity contribution in [2.75, 3.05) is 19.0 Å². The third-order valence-corrected chi connectivity index (χ3v) is 1.59. The van der Waals surface area contributed by atoms with Crippen LogP contribution in [0.25, 0.3) is 0 Å². The van der Waals surface area contributed by atoms with E-state index in [0.717, 1.165) is 0 Å². The fourth-order valence-electron chi connectivity index (χ4n) is 0.947. The maximum absolute atomic E-state index is 12.9. The summed E-state index contributed by atoms with van der Waals surface area (Å²) in [6.07, 6.45) is 0. The molecule has 0 spiro atoms. The molecule has 0 radical (unpaired) electrons. The molecule has 0 aliphatic carbocycles. The number of hydrogen-bond acceptors (Lipinski definition) is 3. The lowest BCUT2D eigenvalue weighted by atomic mass is 10.3. The van der Waals surface area contributed by atoms with Crippen LogP contribution in [0.15, 0.2) is 18.2 Å². The molecular formula is C9H10FNO3. The number of halogens is 1. The summed E-state index contributed by atoms with van der Waals surface area (Å²) < 4.78 is 17.6. The van der Waals surface area contributed by atoms with Crippen molar-refractivity contribution in [3.63, 3.8) is 0 Å². The van der Waals surface area contributed by atoms with Gasteiger partial charge in [0.25, 0.3) is 0 Å². The summed E-state index contributed by atoms with van der Waals surface area (Å²) in [7, 11) is 1.35. The predicted molar refractivity (Wildman–Crippen MR) is 49.1 cm³/mol. The first kappa shape index (κ1) is 10.3. The Morgan fingerprint density at radius 2 is 2.36 bits per heavy atom. The monoisotopic (exact) mass is 199 g/mol. The molecule has 4 nitrogen and oxygen atoms in total. The lowest BCUT2D eigenvalue weighted by Crippen LogP contribution is -2.12. The molecule has 0 amide bonds. The van der Waals surface area contributed by atoms with Gasteiger partial charge >= 0.3 is 5.97 Å². The SMILES string of the molecule is COc1cc(NCC(=O)O)ccc1F. The predicted octanol–water partition coefficient (Wildman–Crippen LogP) is 1.33. The van der Waals surface area contributed by atoms with Crippen molar-refractivity contribution in [3.05, 3.63) is 24.0 Å². The second-order valence-corrected chi connectivity index (χ2v) is 2.60. The van der Waals surface area contributed by atoms with Gasteiger partial charge in [-0.2, -0.15) is 0 Å². The highest BCUT2D eigenvalue weighted by Gasteiger charge is 2.03. The topological polar surface area (TPSA) is 58.6 Å². The van der Waals surface area contributed by atoms with Gasteiger partial charge in [-0.25, -0.2) is 4.39 Å². The van der Waals surface area contributed by atoms with Crippen molar-refractivity contribution in [3.8, 4) is 5.75 Å². The molecule has 0 atom stereocenters. The molecule has 0 unspecified atom stereocenters. The van der Waals surface area contributed by atoms with Gasteiger partial charge in [-0.1, -0.05) is 0 Å². The normalized spacial score (nSPS) is 9.57. The number of anilines is 1. The van der Waals surface area contributed by atoms with E-state index >= 15 is 0 Å². The summed E-state index contributed by atoms with van der Waals surface area (Å²) in [6.45, 7) is -0.214. The summed E-state index contributed by atoms with van der Waals surface area (Å²) in [4.78, 5) is 10.2. The Balaban J connectivity index is 2.74. The average molecular weight is 199 g/mol. The number of hydrogen-bond donors (Lipinski definition) is 2. The number of methoxy groups -OCH3 is 1. The number of nitrogens with one attached hydrogen (secondary N) is 1. The fourth-order valence-corrected chi connectivity index (χ4v) is 0.947. The van der Waals surface area contributed by atoms with Gasteiger partial charge in [-0.05, 0) is 12.1 Å². The Labute approximate surface area is 80.3 Å². The first-order valence-electron chi connectivity index (χ1n) is 3.92. The van der Waals surface area contributed by atoms with E-state index in [9.17, 15) is 9.18 Å². The number of ether oxygens (including phenoxy) is 1. The maximum atomic E-state index is 12.9. The first-order chi connectivity index (χ1) is 6.63. The van der Waals surface area contributed by atoms with Gasteiger partial charge in [0.05, 0.1) is 7.11 Å². The van der Waals surface area contributed by atoms with Crippen LogP contribution in [0.2, 0.25) is 0 Å². The third kappa shape index (κ3) is 2.62. The Morgan fingerprint density at radius 1 is 1.64 bits per heavy atom. The molecule has 0 aliphatic heterocycles. The van der Waals surface area contributed by atoms with Gasteiger partial charge < -0.3 is 15.2 Å². The zero-order valence-electron chi connectivity index (χ0n) is 7.58. The first-order valence-corrected chi connectivity index (χ1v) is 3.92. The number of rotatable bonds is 4. The van der Waals surface area contributed by atoms with E-state index in [-0.39, 0.29) is 12.3 Å². The number of aliphatic carboxylic acids is 1. The minimum absolute atomic E-state index is 0.0837. The van der Waals surface area contributed by atoms with Crippen molar-refractivity contribution in [2.24, 2.45) is 0 Å². The van der Waals surface area contributed by atoms with Crippen LogP contribution < -0.4 is 10.1 Å². The molecule has 1 aromatic rings. The van der Waals surface area contributed by atoms with Crippen molar-refractivity contribution in [1.82, 2.24) is 0 Å². The summed E-state index contributed by atoms with van der Waals surface area (Å²) in [5.74, 6) is -1.37. The van der Waals surface area contributed by atoms with Gasteiger partial charge in [-0.3, -0.25) is 4.79 Å². The summed E-state index contributed by atoms with van der Waals surface area (Å²) in [5.41, 5.74) is 0.505. The molecule has 2 N–H and O–H groups in total. The quantitative estimate of drug-likeness (QED) is 0.768. The lowest BCUT2D eigenvalue weighted by Gasteiger charge is -2.06. The smallest absolute Gasteiger partial charge is 0.322 e. The van der Waals surface area contributed by atoms with E-state index in [0.29, 0.717) is 5.69 Å². The van der Waals surface area contributed by atoms with Crippen molar-refractivity contribution >= 4 is 11.7 Å². The van der Waals surface area contributed by atoms with Crippen LogP contribution >= 0.6 is 0 Å². The van der Waals surface area contributed by atoms with E-state index in [2.05, 4.69) is 5.32 Å². The number of carbonyl (C=O) groups is 1. The zero-order valence-corrected chi connectivity index (χ0v) is 7.58. The van der Waals surface area contributed by atoms with Crippen LogP contribution in [-0.2, 0) is 4.79 Å². The molecule has 5 heteroatoms. The van der Waals surface area contributed by atoms with E-state index in [1.165, 1.54) is 25.3 Å². The summed E-state index contributed by atoms with van der Waals surface area (Å²) in [5, 5.41) is 11.0. The molecule has 0 bridgehead atoms. The van der Waals surface area contributed by atoms with Gasteiger partial charge in [0.1, 0.15) is 6.54 Å². The number of benzene rings is 1. The van der Waals surface area contributed by atoms with Gasteiger partial charge in [0.2, 0.25) is 0 Å². The average Bonchev–Trinajstić information content (AvgIpc) is 2.16. The molecule has 0 saturated heterocycles. The Bertz CT molecular complexity index is 341. The minimum Gasteiger partial charge on any atom is -0.494 e. The molecule has 76 valence electrons. The highest BCUT2D eigenvalue weighted by molar-refractivity contribution is 5.72. The molecule has 1 aromatic carbocycles. The Hall–Kier alpha value is -1.78. The molecule has 0 saturated carbocycles. The van der Waals surface area contributed by atoms with Crippen molar-refractivity contribution in [1.29, 1.82) is 0 Å². The highest BCUT2D eigenvalue weighted by atomic mass is 19.1. The van der Waals surface area contributed by atoms with Crippen LogP contribution in [0.1, 0.15) is 0 Å². The van der Waals surface area contributed by atoms with Crippen LogP contribution in [0.4, 0.5) is 10.1 Å². The van der Waals surface area contributed by atoms with Crippen LogP contribution in [0.5, 0.6) is 5.75 Å². The van der Waals surface area contributed by atoms with Crippen LogP contribution in [0.3, 0.4) is 0 Å². The standard InChI is InChI=1S/C9H10FNO3/c1-14-8-4-6(2-3-7(8)10)11-5-9(12)13/h2-4,11H,5H2,1H3,(H,12,13). The van der Waals surface area contributed by atoms with Crippen LogP contribution in [-0.4, -0.2) is 24.7 Å². The molecule has 0 heterocycles. The highest BCUT2D eigenvalue weighted by Crippen LogP contribution is 2.20. The third-order valence-electron chi connectivity index (χ3n) is 1.59. The Morgan fingerprint density at radius 3 is 2.93 bits per heavy atom. The van der Waals surface area contributed by atoms with Gasteiger partial charge in [-0.15, -0.1) is 0 Å². The molecule has 14 heavy (non-hydrogen) atoms. The second-order valence-electron chi connectivity index (χ2n) is 2.60. The van der Waals surface area contributed by atoms with Crippen LogP contribution in [0, 0.1) is 5.82 Å². The largest absolute Gasteiger partial charge is 0.494 e. The van der Waals surface area contributed by atoms with E-state index in [1.807, 2.05) is 0 Å². The van der Waals surface area contributed by atoms with E-state index in [4.69, 9.17) is 9.84 Å². The molecule has 1 rings (SSSR count). The second kappa shape index (κ2) is 4.45. The fraction of sp³-hybridized carbons (Fsp3) is 0.222. The van der Waals surface area contributed by atoms with E-state index < -0.39 is 11.8 Å². The molecule has 0 aliphatic rings. The lowest BCUT2D eigenvalue weighted by molar-refractivity contribution is -0.134. The zero-order chi connectivity index (χ0) is 10.6. The molecule has 0 fully saturated rings. The Kier molecular flexibility index (Phi) is 3.28.